The zero-order chi connectivity index (χ0) is 17.8. The van der Waals surface area contributed by atoms with E-state index in [9.17, 15) is 0 Å². The van der Waals surface area contributed by atoms with Gasteiger partial charge in [0.1, 0.15) is 0 Å². The van der Waals surface area contributed by atoms with Crippen LogP contribution in [0, 0.1) is 5.92 Å². The highest BCUT2D eigenvalue weighted by molar-refractivity contribution is 5.06. The average molecular weight is 349 g/mol. The van der Waals surface area contributed by atoms with Gasteiger partial charge >= 0.3 is 0 Å². The van der Waals surface area contributed by atoms with Gasteiger partial charge in [0.25, 0.3) is 0 Å². The first-order chi connectivity index (χ1) is 12.0. The standard InChI is InChI=1S/C21H40N4/c1-18-7-5-6-9-22(4)20(3)17-21(18)25-15-12-23(13-16-25)11-14-24-10-8-19(24)2/h17-19,21H,5-16H2,1-4H3/b20-17-/t18-,19?,21?/m1/s1. The fraction of sp³-hybridized carbons (Fsp3) is 0.905. The molecule has 2 saturated heterocycles. The molecule has 0 aromatic heterocycles. The molecule has 144 valence electrons. The first kappa shape index (κ1) is 19.2. The van der Waals surface area contributed by atoms with E-state index in [0.29, 0.717) is 6.04 Å². The van der Waals surface area contributed by atoms with Crippen LogP contribution in [-0.2, 0) is 0 Å². The van der Waals surface area contributed by atoms with Gasteiger partial charge < -0.3 is 4.90 Å². The Morgan fingerprint density at radius 1 is 0.920 bits per heavy atom. The minimum Gasteiger partial charge on any atom is -0.378 e. The monoisotopic (exact) mass is 348 g/mol. The Hall–Kier alpha value is -0.580. The fourth-order valence-electron chi connectivity index (χ4n) is 4.62. The predicted octanol–water partition coefficient (Wildman–Crippen LogP) is 2.72. The second-order valence-corrected chi connectivity index (χ2v) is 8.74. The van der Waals surface area contributed by atoms with E-state index in [1.165, 1.54) is 83.7 Å². The average Bonchev–Trinajstić information content (AvgIpc) is 2.67. The van der Waals surface area contributed by atoms with Crippen molar-refractivity contribution in [3.63, 3.8) is 0 Å². The molecule has 0 N–H and O–H groups in total. The summed E-state index contributed by atoms with van der Waals surface area (Å²) in [6.45, 7) is 17.2. The van der Waals surface area contributed by atoms with Crippen molar-refractivity contribution in [1.82, 2.24) is 19.6 Å². The molecule has 3 aliphatic rings. The summed E-state index contributed by atoms with van der Waals surface area (Å²) in [7, 11) is 2.26. The molecule has 0 saturated carbocycles. The van der Waals surface area contributed by atoms with Crippen LogP contribution in [0.1, 0.15) is 46.5 Å². The number of nitrogens with zero attached hydrogens (tertiary/aromatic N) is 4. The van der Waals surface area contributed by atoms with Gasteiger partial charge in [-0.15, -0.1) is 0 Å². The highest BCUT2D eigenvalue weighted by atomic mass is 15.3. The van der Waals surface area contributed by atoms with E-state index in [2.05, 4.69) is 53.5 Å². The van der Waals surface area contributed by atoms with Crippen molar-refractivity contribution in [3.8, 4) is 0 Å². The molecule has 3 heterocycles. The van der Waals surface area contributed by atoms with E-state index in [4.69, 9.17) is 0 Å². The lowest BCUT2D eigenvalue weighted by Crippen LogP contribution is -2.54. The third-order valence-electron chi connectivity index (χ3n) is 6.99. The number of hydrogen-bond acceptors (Lipinski definition) is 4. The van der Waals surface area contributed by atoms with Crippen LogP contribution in [0.25, 0.3) is 0 Å². The SMILES string of the molecule is C/C1=C/C(N2CCN(CCN3CCC3C)CC2)[C@H](C)CCCCN1C. The van der Waals surface area contributed by atoms with E-state index >= 15 is 0 Å². The van der Waals surface area contributed by atoms with Crippen LogP contribution >= 0.6 is 0 Å². The Bertz CT molecular complexity index is 441. The van der Waals surface area contributed by atoms with Crippen LogP contribution < -0.4 is 0 Å². The molecule has 2 fully saturated rings. The molecular weight excluding hydrogens is 308 g/mol. The van der Waals surface area contributed by atoms with Gasteiger partial charge in [-0.3, -0.25) is 14.7 Å². The van der Waals surface area contributed by atoms with Gasteiger partial charge in [-0.05, 0) is 51.6 Å². The molecule has 0 aliphatic carbocycles. The molecule has 0 bridgehead atoms. The quantitative estimate of drug-likeness (QED) is 0.774. The first-order valence-corrected chi connectivity index (χ1v) is 10.6. The van der Waals surface area contributed by atoms with Crippen molar-refractivity contribution >= 4 is 0 Å². The van der Waals surface area contributed by atoms with Gasteiger partial charge in [0.2, 0.25) is 0 Å². The lowest BCUT2D eigenvalue weighted by Gasteiger charge is -2.43. The molecule has 3 atom stereocenters. The van der Waals surface area contributed by atoms with Crippen LogP contribution in [-0.4, -0.2) is 91.1 Å². The van der Waals surface area contributed by atoms with Gasteiger partial charge in [-0.1, -0.05) is 13.3 Å². The maximum absolute atomic E-state index is 2.76. The Morgan fingerprint density at radius 2 is 1.68 bits per heavy atom. The van der Waals surface area contributed by atoms with Crippen molar-refractivity contribution < 1.29 is 0 Å². The summed E-state index contributed by atoms with van der Waals surface area (Å²) in [6, 6.07) is 1.45. The Kier molecular flexibility index (Phi) is 6.81. The van der Waals surface area contributed by atoms with E-state index in [1.54, 1.807) is 0 Å². The van der Waals surface area contributed by atoms with Crippen LogP contribution in [0.5, 0.6) is 0 Å². The summed E-state index contributed by atoms with van der Waals surface area (Å²) in [5.74, 6) is 0.773. The molecule has 2 unspecified atom stereocenters. The topological polar surface area (TPSA) is 13.0 Å². The fourth-order valence-corrected chi connectivity index (χ4v) is 4.62. The highest BCUT2D eigenvalue weighted by Gasteiger charge is 2.28. The number of allylic oxidation sites excluding steroid dienone is 1. The minimum atomic E-state index is 0.623. The zero-order valence-corrected chi connectivity index (χ0v) is 17.1. The van der Waals surface area contributed by atoms with Crippen molar-refractivity contribution in [2.45, 2.75) is 58.5 Å². The lowest BCUT2D eigenvalue weighted by atomic mass is 9.93. The number of hydrogen-bond donors (Lipinski definition) is 0. The molecule has 0 spiro atoms. The number of rotatable bonds is 4. The summed E-state index contributed by atoms with van der Waals surface area (Å²) in [6.07, 6.45) is 8.04. The molecule has 3 rings (SSSR count). The molecule has 3 aliphatic heterocycles. The van der Waals surface area contributed by atoms with E-state index in [-0.39, 0.29) is 0 Å². The molecule has 4 nitrogen and oxygen atoms in total. The molecule has 0 aromatic rings. The largest absolute Gasteiger partial charge is 0.378 e. The summed E-state index contributed by atoms with van der Waals surface area (Å²) in [5, 5.41) is 0. The summed E-state index contributed by atoms with van der Waals surface area (Å²) in [4.78, 5) is 10.5. The van der Waals surface area contributed by atoms with Crippen LogP contribution in [0.2, 0.25) is 0 Å². The van der Waals surface area contributed by atoms with Gasteiger partial charge in [0.05, 0.1) is 0 Å². The number of likely N-dealkylation sites (tertiary alicyclic amines) is 1. The summed E-state index contributed by atoms with van der Waals surface area (Å²) >= 11 is 0. The lowest BCUT2D eigenvalue weighted by molar-refractivity contribution is 0.0572. The minimum absolute atomic E-state index is 0.623. The Morgan fingerprint density at radius 3 is 2.32 bits per heavy atom. The number of piperazine rings is 1. The highest BCUT2D eigenvalue weighted by Crippen LogP contribution is 2.24. The van der Waals surface area contributed by atoms with E-state index < -0.39 is 0 Å². The molecular formula is C21H40N4. The van der Waals surface area contributed by atoms with Crippen LogP contribution in [0.15, 0.2) is 11.8 Å². The van der Waals surface area contributed by atoms with Crippen LogP contribution in [0.3, 0.4) is 0 Å². The molecule has 0 amide bonds. The second-order valence-electron chi connectivity index (χ2n) is 8.74. The van der Waals surface area contributed by atoms with E-state index in [1.807, 2.05) is 0 Å². The summed E-state index contributed by atoms with van der Waals surface area (Å²) in [5.41, 5.74) is 1.47. The third kappa shape index (κ3) is 4.99. The van der Waals surface area contributed by atoms with Gasteiger partial charge in [0, 0.05) is 70.6 Å². The second kappa shape index (κ2) is 8.88. The first-order valence-electron chi connectivity index (χ1n) is 10.6. The molecule has 25 heavy (non-hydrogen) atoms. The Balaban J connectivity index is 1.51. The maximum atomic E-state index is 2.76. The smallest absolute Gasteiger partial charge is 0.0324 e. The molecule has 0 radical (unpaired) electrons. The van der Waals surface area contributed by atoms with Gasteiger partial charge in [0.15, 0.2) is 0 Å². The normalized spacial score (nSPS) is 36.1. The summed E-state index contributed by atoms with van der Waals surface area (Å²) < 4.78 is 0. The van der Waals surface area contributed by atoms with Crippen molar-refractivity contribution in [1.29, 1.82) is 0 Å². The zero-order valence-electron chi connectivity index (χ0n) is 17.1. The van der Waals surface area contributed by atoms with Crippen molar-refractivity contribution in [3.05, 3.63) is 11.8 Å². The maximum Gasteiger partial charge on any atom is 0.0324 e. The Labute approximate surface area is 155 Å². The van der Waals surface area contributed by atoms with Gasteiger partial charge in [-0.25, -0.2) is 0 Å². The third-order valence-corrected chi connectivity index (χ3v) is 6.99. The molecule has 0 aromatic carbocycles. The van der Waals surface area contributed by atoms with Gasteiger partial charge in [-0.2, -0.15) is 0 Å². The van der Waals surface area contributed by atoms with Crippen molar-refractivity contribution in [2.24, 2.45) is 5.92 Å². The van der Waals surface area contributed by atoms with Crippen molar-refractivity contribution in [2.75, 3.05) is 59.4 Å². The molecule has 4 heteroatoms. The van der Waals surface area contributed by atoms with E-state index in [0.717, 1.165) is 12.0 Å². The predicted molar refractivity (Wildman–Crippen MR) is 107 cm³/mol. The van der Waals surface area contributed by atoms with Crippen LogP contribution in [0.4, 0.5) is 0 Å².